The monoisotopic (exact) mass is 345 g/mol. The highest BCUT2D eigenvalue weighted by atomic mass is 79.9. The van der Waals surface area contributed by atoms with Crippen molar-refractivity contribution in [3.63, 3.8) is 0 Å². The Hall–Kier alpha value is -1.18. The Morgan fingerprint density at radius 2 is 2.15 bits per heavy atom. The number of benzene rings is 1. The van der Waals surface area contributed by atoms with Gasteiger partial charge < -0.3 is 14.2 Å². The maximum atomic E-state index is 10.9. The SMILES string of the molecule is COCCOC1C(Br)CC1Oc1ccccc1[N+](=O)[O-]. The third kappa shape index (κ3) is 3.47. The van der Waals surface area contributed by atoms with Crippen LogP contribution in [-0.4, -0.2) is 42.3 Å². The van der Waals surface area contributed by atoms with Crippen LogP contribution in [0.2, 0.25) is 0 Å². The third-order valence-corrected chi connectivity index (χ3v) is 4.01. The number of nitrogens with zero attached hydrogens (tertiary/aromatic N) is 1. The summed E-state index contributed by atoms with van der Waals surface area (Å²) in [5.41, 5.74) is -0.0267. The summed E-state index contributed by atoms with van der Waals surface area (Å²) in [6.45, 7) is 0.981. The first-order chi connectivity index (χ1) is 9.63. The molecule has 20 heavy (non-hydrogen) atoms. The molecular formula is C13H16BrNO5. The highest BCUT2D eigenvalue weighted by molar-refractivity contribution is 9.09. The molecule has 0 saturated heterocycles. The van der Waals surface area contributed by atoms with Crippen molar-refractivity contribution in [1.82, 2.24) is 0 Å². The predicted octanol–water partition coefficient (Wildman–Crippen LogP) is 2.54. The molecule has 1 aromatic rings. The van der Waals surface area contributed by atoms with Crippen LogP contribution in [0.15, 0.2) is 24.3 Å². The molecule has 0 aliphatic heterocycles. The van der Waals surface area contributed by atoms with E-state index in [2.05, 4.69) is 15.9 Å². The summed E-state index contributed by atoms with van der Waals surface area (Å²) in [7, 11) is 1.61. The zero-order valence-electron chi connectivity index (χ0n) is 11.0. The average molecular weight is 346 g/mol. The lowest BCUT2D eigenvalue weighted by atomic mass is 9.91. The minimum Gasteiger partial charge on any atom is -0.481 e. The first kappa shape index (κ1) is 15.2. The summed E-state index contributed by atoms with van der Waals surface area (Å²) in [4.78, 5) is 10.7. The molecule has 3 unspecified atom stereocenters. The number of para-hydroxylation sites is 2. The van der Waals surface area contributed by atoms with E-state index in [9.17, 15) is 10.1 Å². The summed E-state index contributed by atoms with van der Waals surface area (Å²) in [5.74, 6) is 0.280. The molecular weight excluding hydrogens is 330 g/mol. The molecule has 1 fully saturated rings. The van der Waals surface area contributed by atoms with Gasteiger partial charge >= 0.3 is 5.69 Å². The Kier molecular flexibility index (Phi) is 5.33. The molecule has 2 rings (SSSR count). The molecule has 0 heterocycles. The third-order valence-electron chi connectivity index (χ3n) is 3.12. The fourth-order valence-electron chi connectivity index (χ4n) is 1.99. The molecule has 1 aliphatic carbocycles. The van der Waals surface area contributed by atoms with Gasteiger partial charge in [-0.1, -0.05) is 28.1 Å². The minimum absolute atomic E-state index is 0.0267. The molecule has 6 nitrogen and oxygen atoms in total. The van der Waals surface area contributed by atoms with E-state index in [-0.39, 0.29) is 28.5 Å². The number of hydrogen-bond donors (Lipinski definition) is 0. The molecule has 0 spiro atoms. The Morgan fingerprint density at radius 1 is 1.40 bits per heavy atom. The minimum atomic E-state index is -0.444. The van der Waals surface area contributed by atoms with Crippen LogP contribution in [0.3, 0.4) is 0 Å². The molecule has 0 amide bonds. The van der Waals surface area contributed by atoms with E-state index in [0.29, 0.717) is 13.2 Å². The topological polar surface area (TPSA) is 70.8 Å². The van der Waals surface area contributed by atoms with Crippen LogP contribution in [0, 0.1) is 10.1 Å². The summed E-state index contributed by atoms with van der Waals surface area (Å²) in [6.07, 6.45) is 0.450. The fourth-order valence-corrected chi connectivity index (χ4v) is 2.85. The molecule has 1 aromatic carbocycles. The lowest BCUT2D eigenvalue weighted by Gasteiger charge is -2.40. The van der Waals surface area contributed by atoms with E-state index < -0.39 is 4.92 Å². The van der Waals surface area contributed by atoms with Gasteiger partial charge in [-0.05, 0) is 6.07 Å². The van der Waals surface area contributed by atoms with Gasteiger partial charge in [-0.2, -0.15) is 0 Å². The van der Waals surface area contributed by atoms with Crippen LogP contribution in [0.5, 0.6) is 5.75 Å². The number of nitro groups is 1. The van der Waals surface area contributed by atoms with Crippen molar-refractivity contribution in [2.24, 2.45) is 0 Å². The van der Waals surface area contributed by atoms with Crippen molar-refractivity contribution >= 4 is 21.6 Å². The van der Waals surface area contributed by atoms with Crippen molar-refractivity contribution in [3.8, 4) is 5.75 Å². The number of alkyl halides is 1. The maximum absolute atomic E-state index is 10.9. The highest BCUT2D eigenvalue weighted by Gasteiger charge is 2.43. The second kappa shape index (κ2) is 7.01. The maximum Gasteiger partial charge on any atom is 0.310 e. The molecule has 1 aliphatic rings. The second-order valence-electron chi connectivity index (χ2n) is 4.46. The van der Waals surface area contributed by atoms with Crippen LogP contribution in [-0.2, 0) is 9.47 Å². The summed E-state index contributed by atoms with van der Waals surface area (Å²) >= 11 is 3.50. The summed E-state index contributed by atoms with van der Waals surface area (Å²) in [6, 6.07) is 6.37. The number of ether oxygens (including phenoxy) is 3. The molecule has 110 valence electrons. The first-order valence-electron chi connectivity index (χ1n) is 6.28. The molecule has 0 bridgehead atoms. The van der Waals surface area contributed by atoms with Crippen molar-refractivity contribution < 1.29 is 19.1 Å². The molecule has 0 aromatic heterocycles. The largest absolute Gasteiger partial charge is 0.481 e. The average Bonchev–Trinajstić information content (AvgIpc) is 2.43. The van der Waals surface area contributed by atoms with Gasteiger partial charge in [-0.3, -0.25) is 10.1 Å². The molecule has 0 N–H and O–H groups in total. The zero-order valence-corrected chi connectivity index (χ0v) is 12.6. The van der Waals surface area contributed by atoms with E-state index in [4.69, 9.17) is 14.2 Å². The Balaban J connectivity index is 1.98. The van der Waals surface area contributed by atoms with Gasteiger partial charge in [0, 0.05) is 24.4 Å². The van der Waals surface area contributed by atoms with E-state index in [1.807, 2.05) is 0 Å². The van der Waals surface area contributed by atoms with Crippen molar-refractivity contribution in [2.75, 3.05) is 20.3 Å². The second-order valence-corrected chi connectivity index (χ2v) is 5.64. The Morgan fingerprint density at radius 3 is 2.80 bits per heavy atom. The number of halogens is 1. The van der Waals surface area contributed by atoms with Gasteiger partial charge in [0.25, 0.3) is 0 Å². The summed E-state index contributed by atoms with van der Waals surface area (Å²) in [5, 5.41) is 10.9. The van der Waals surface area contributed by atoms with Gasteiger partial charge in [0.15, 0.2) is 5.75 Å². The lowest BCUT2D eigenvalue weighted by molar-refractivity contribution is -0.386. The summed E-state index contributed by atoms with van der Waals surface area (Å²) < 4.78 is 16.3. The van der Waals surface area contributed by atoms with E-state index >= 15 is 0 Å². The van der Waals surface area contributed by atoms with Crippen LogP contribution < -0.4 is 4.74 Å². The smallest absolute Gasteiger partial charge is 0.310 e. The number of nitro benzene ring substituents is 1. The normalized spacial score (nSPS) is 25.0. The Bertz CT molecular complexity index is 470. The van der Waals surface area contributed by atoms with Gasteiger partial charge in [0.2, 0.25) is 0 Å². The zero-order chi connectivity index (χ0) is 14.5. The standard InChI is InChI=1S/C13H16BrNO5/c1-18-6-7-19-13-9(14)8-12(13)20-11-5-3-2-4-10(11)15(16)17/h2-5,9,12-13H,6-8H2,1H3. The quantitative estimate of drug-likeness (QED) is 0.328. The van der Waals surface area contributed by atoms with Crippen LogP contribution >= 0.6 is 15.9 Å². The molecule has 3 atom stereocenters. The van der Waals surface area contributed by atoms with Crippen LogP contribution in [0.1, 0.15) is 6.42 Å². The van der Waals surface area contributed by atoms with Crippen LogP contribution in [0.4, 0.5) is 5.69 Å². The first-order valence-corrected chi connectivity index (χ1v) is 7.19. The highest BCUT2D eigenvalue weighted by Crippen LogP contribution is 2.36. The van der Waals surface area contributed by atoms with Crippen molar-refractivity contribution in [3.05, 3.63) is 34.4 Å². The number of hydrogen-bond acceptors (Lipinski definition) is 5. The molecule has 1 saturated carbocycles. The van der Waals surface area contributed by atoms with Crippen molar-refractivity contribution in [2.45, 2.75) is 23.5 Å². The molecule has 0 radical (unpaired) electrons. The lowest BCUT2D eigenvalue weighted by Crippen LogP contribution is -2.52. The van der Waals surface area contributed by atoms with Gasteiger partial charge in [0.1, 0.15) is 12.2 Å². The Labute approximate surface area is 125 Å². The van der Waals surface area contributed by atoms with Gasteiger partial charge in [-0.25, -0.2) is 0 Å². The predicted molar refractivity (Wildman–Crippen MR) is 76.5 cm³/mol. The van der Waals surface area contributed by atoms with Crippen LogP contribution in [0.25, 0.3) is 0 Å². The van der Waals surface area contributed by atoms with E-state index in [0.717, 1.165) is 6.42 Å². The molecule has 7 heteroatoms. The number of rotatable bonds is 7. The van der Waals surface area contributed by atoms with E-state index in [1.165, 1.54) is 6.07 Å². The van der Waals surface area contributed by atoms with E-state index in [1.54, 1.807) is 25.3 Å². The number of methoxy groups -OCH3 is 1. The fraction of sp³-hybridized carbons (Fsp3) is 0.538. The van der Waals surface area contributed by atoms with Crippen molar-refractivity contribution in [1.29, 1.82) is 0 Å². The van der Waals surface area contributed by atoms with Gasteiger partial charge in [-0.15, -0.1) is 0 Å². The van der Waals surface area contributed by atoms with Gasteiger partial charge in [0.05, 0.1) is 18.1 Å².